The Hall–Kier alpha value is -1.91. The van der Waals surface area contributed by atoms with Crippen molar-refractivity contribution in [2.24, 2.45) is 0 Å². The molecule has 18 heavy (non-hydrogen) atoms. The SMILES string of the molecule is Cc1cc(F)ccc1[C@]1(C)CC(=O)N(C)C(=N)N1. The van der Waals surface area contributed by atoms with Crippen molar-refractivity contribution in [2.75, 3.05) is 7.05 Å². The highest BCUT2D eigenvalue weighted by molar-refractivity contribution is 5.98. The van der Waals surface area contributed by atoms with Gasteiger partial charge in [0.2, 0.25) is 5.91 Å². The molecule has 1 heterocycles. The third-order valence-electron chi connectivity index (χ3n) is 3.39. The van der Waals surface area contributed by atoms with Crippen LogP contribution in [0.15, 0.2) is 18.2 Å². The Morgan fingerprint density at radius 3 is 2.72 bits per heavy atom. The minimum Gasteiger partial charge on any atom is -0.346 e. The van der Waals surface area contributed by atoms with Crippen LogP contribution in [0, 0.1) is 18.2 Å². The maximum atomic E-state index is 13.1. The van der Waals surface area contributed by atoms with Crippen molar-refractivity contribution >= 4 is 11.9 Å². The fourth-order valence-electron chi connectivity index (χ4n) is 2.34. The molecule has 0 radical (unpaired) electrons. The number of nitrogens with one attached hydrogen (secondary N) is 2. The van der Waals surface area contributed by atoms with Gasteiger partial charge in [-0.05, 0) is 37.1 Å². The first-order valence-corrected chi connectivity index (χ1v) is 5.73. The first-order chi connectivity index (χ1) is 8.33. The van der Waals surface area contributed by atoms with E-state index in [1.807, 2.05) is 6.92 Å². The largest absolute Gasteiger partial charge is 0.346 e. The number of carbonyl (C=O) groups excluding carboxylic acids is 1. The average molecular weight is 249 g/mol. The number of rotatable bonds is 1. The number of hydrogen-bond donors (Lipinski definition) is 2. The molecule has 2 rings (SSSR count). The molecule has 96 valence electrons. The van der Waals surface area contributed by atoms with E-state index in [0.29, 0.717) is 0 Å². The van der Waals surface area contributed by atoms with Crippen molar-refractivity contribution in [3.8, 4) is 0 Å². The normalized spacial score (nSPS) is 24.1. The summed E-state index contributed by atoms with van der Waals surface area (Å²) in [5.41, 5.74) is 0.962. The van der Waals surface area contributed by atoms with Crippen LogP contribution in [0.1, 0.15) is 24.5 Å². The molecule has 1 aliphatic heterocycles. The zero-order valence-corrected chi connectivity index (χ0v) is 10.7. The third-order valence-corrected chi connectivity index (χ3v) is 3.39. The van der Waals surface area contributed by atoms with Crippen LogP contribution >= 0.6 is 0 Å². The molecular weight excluding hydrogens is 233 g/mol. The summed E-state index contributed by atoms with van der Waals surface area (Å²) >= 11 is 0. The molecule has 0 aromatic heterocycles. The van der Waals surface area contributed by atoms with Crippen molar-refractivity contribution in [2.45, 2.75) is 25.8 Å². The first kappa shape index (κ1) is 12.5. The Labute approximate surface area is 105 Å². The predicted molar refractivity (Wildman–Crippen MR) is 66.7 cm³/mol. The lowest BCUT2D eigenvalue weighted by Gasteiger charge is -2.40. The van der Waals surface area contributed by atoms with E-state index in [-0.39, 0.29) is 24.1 Å². The maximum Gasteiger partial charge on any atom is 0.231 e. The van der Waals surface area contributed by atoms with E-state index in [1.54, 1.807) is 20.0 Å². The molecule has 1 aromatic carbocycles. The summed E-state index contributed by atoms with van der Waals surface area (Å²) in [6.07, 6.45) is 0.248. The van der Waals surface area contributed by atoms with E-state index in [2.05, 4.69) is 5.32 Å². The Bertz CT molecular complexity index is 509. The minimum absolute atomic E-state index is 0.0671. The highest BCUT2D eigenvalue weighted by atomic mass is 19.1. The van der Waals surface area contributed by atoms with Crippen LogP contribution in [0.4, 0.5) is 4.39 Å². The van der Waals surface area contributed by atoms with Crippen LogP contribution in [0.5, 0.6) is 0 Å². The molecule has 1 aromatic rings. The smallest absolute Gasteiger partial charge is 0.231 e. The van der Waals surface area contributed by atoms with Crippen molar-refractivity contribution in [3.63, 3.8) is 0 Å². The summed E-state index contributed by atoms with van der Waals surface area (Å²) in [5, 5.41) is 10.8. The molecule has 0 bridgehead atoms. The van der Waals surface area contributed by atoms with Crippen molar-refractivity contribution < 1.29 is 9.18 Å². The molecule has 0 unspecified atom stereocenters. The molecular formula is C13H16FN3O. The molecule has 0 saturated carbocycles. The van der Waals surface area contributed by atoms with E-state index < -0.39 is 5.54 Å². The third kappa shape index (κ3) is 1.96. The van der Waals surface area contributed by atoms with Crippen LogP contribution in [-0.4, -0.2) is 23.8 Å². The monoisotopic (exact) mass is 249 g/mol. The molecule has 0 spiro atoms. The Morgan fingerprint density at radius 2 is 2.17 bits per heavy atom. The molecule has 1 saturated heterocycles. The van der Waals surface area contributed by atoms with Crippen LogP contribution in [-0.2, 0) is 10.3 Å². The van der Waals surface area contributed by atoms with Crippen LogP contribution in [0.25, 0.3) is 0 Å². The topological polar surface area (TPSA) is 56.2 Å². The molecule has 1 atom stereocenters. The second kappa shape index (κ2) is 4.08. The molecule has 1 fully saturated rings. The molecule has 5 heteroatoms. The summed E-state index contributed by atoms with van der Waals surface area (Å²) in [7, 11) is 1.56. The molecule has 4 nitrogen and oxygen atoms in total. The summed E-state index contributed by atoms with van der Waals surface area (Å²) in [6, 6.07) is 4.49. The van der Waals surface area contributed by atoms with Crippen molar-refractivity contribution in [1.82, 2.24) is 10.2 Å². The zero-order chi connectivity index (χ0) is 13.5. The van der Waals surface area contributed by atoms with Crippen molar-refractivity contribution in [1.29, 1.82) is 5.41 Å². The summed E-state index contributed by atoms with van der Waals surface area (Å²) in [4.78, 5) is 13.1. The van der Waals surface area contributed by atoms with Gasteiger partial charge >= 0.3 is 0 Å². The van der Waals surface area contributed by atoms with Gasteiger partial charge in [0.05, 0.1) is 12.0 Å². The first-order valence-electron chi connectivity index (χ1n) is 5.73. The highest BCUT2D eigenvalue weighted by Gasteiger charge is 2.38. The average Bonchev–Trinajstić information content (AvgIpc) is 2.25. The number of carbonyl (C=O) groups is 1. The second-order valence-electron chi connectivity index (χ2n) is 4.89. The Morgan fingerprint density at radius 1 is 1.50 bits per heavy atom. The van der Waals surface area contributed by atoms with Gasteiger partial charge in [-0.25, -0.2) is 4.39 Å². The van der Waals surface area contributed by atoms with Gasteiger partial charge in [0.25, 0.3) is 0 Å². The molecule has 0 aliphatic carbocycles. The van der Waals surface area contributed by atoms with Gasteiger partial charge in [-0.2, -0.15) is 0 Å². The number of benzene rings is 1. The van der Waals surface area contributed by atoms with E-state index in [1.165, 1.54) is 17.0 Å². The van der Waals surface area contributed by atoms with Gasteiger partial charge in [-0.3, -0.25) is 15.1 Å². The highest BCUT2D eigenvalue weighted by Crippen LogP contribution is 2.31. The molecule has 1 amide bonds. The number of halogens is 1. The van der Waals surface area contributed by atoms with Gasteiger partial charge in [0.1, 0.15) is 5.82 Å². The van der Waals surface area contributed by atoms with Crippen LogP contribution in [0.3, 0.4) is 0 Å². The van der Waals surface area contributed by atoms with E-state index in [4.69, 9.17) is 5.41 Å². The lowest BCUT2D eigenvalue weighted by Crippen LogP contribution is -2.58. The fourth-order valence-corrected chi connectivity index (χ4v) is 2.34. The van der Waals surface area contributed by atoms with E-state index in [9.17, 15) is 9.18 Å². The van der Waals surface area contributed by atoms with E-state index in [0.717, 1.165) is 11.1 Å². The van der Waals surface area contributed by atoms with Gasteiger partial charge in [-0.15, -0.1) is 0 Å². The van der Waals surface area contributed by atoms with Gasteiger partial charge < -0.3 is 5.32 Å². The summed E-state index contributed by atoms with van der Waals surface area (Å²) in [5.74, 6) is -0.350. The molecule has 2 N–H and O–H groups in total. The number of aryl methyl sites for hydroxylation is 1. The number of amides is 1. The van der Waals surface area contributed by atoms with Crippen LogP contribution in [0.2, 0.25) is 0 Å². The summed E-state index contributed by atoms with van der Waals surface area (Å²) in [6.45, 7) is 3.66. The minimum atomic E-state index is -0.654. The summed E-state index contributed by atoms with van der Waals surface area (Å²) < 4.78 is 13.1. The van der Waals surface area contributed by atoms with Gasteiger partial charge in [0.15, 0.2) is 5.96 Å². The fraction of sp³-hybridized carbons (Fsp3) is 0.385. The number of hydrogen-bond acceptors (Lipinski definition) is 2. The van der Waals surface area contributed by atoms with E-state index >= 15 is 0 Å². The lowest BCUT2D eigenvalue weighted by molar-refractivity contribution is -0.129. The van der Waals surface area contributed by atoms with Gasteiger partial charge in [0, 0.05) is 7.05 Å². The number of guanidine groups is 1. The number of nitrogens with zero attached hydrogens (tertiary/aromatic N) is 1. The zero-order valence-electron chi connectivity index (χ0n) is 10.7. The van der Waals surface area contributed by atoms with Crippen LogP contribution < -0.4 is 5.32 Å². The quantitative estimate of drug-likeness (QED) is 0.796. The Balaban J connectivity index is 2.42. The second-order valence-corrected chi connectivity index (χ2v) is 4.89. The van der Waals surface area contributed by atoms with Gasteiger partial charge in [-0.1, -0.05) is 6.07 Å². The molecule has 1 aliphatic rings. The predicted octanol–water partition coefficient (Wildman–Crippen LogP) is 1.74. The lowest BCUT2D eigenvalue weighted by atomic mass is 9.84. The Kier molecular flexibility index (Phi) is 2.84. The standard InChI is InChI=1S/C13H16FN3O/c1-8-6-9(14)4-5-10(8)13(2)7-11(18)17(3)12(15)16-13/h4-6H,7H2,1-3H3,(H2,15,16)/t13-/m0/s1. The van der Waals surface area contributed by atoms with Crippen molar-refractivity contribution in [3.05, 3.63) is 35.1 Å². The maximum absolute atomic E-state index is 13.1.